The molecule has 8 rings (SSSR count). The molecule has 2 aliphatic rings. The molecule has 0 saturated heterocycles. The fourth-order valence-electron chi connectivity index (χ4n) is 6.14. The highest BCUT2D eigenvalue weighted by molar-refractivity contribution is 8.00. The Morgan fingerprint density at radius 2 is 1.60 bits per heavy atom. The first kappa shape index (κ1) is 29.5. The van der Waals surface area contributed by atoms with Crippen molar-refractivity contribution in [3.8, 4) is 0 Å². The van der Waals surface area contributed by atoms with Crippen LogP contribution in [0.4, 0.5) is 19.6 Å². The highest BCUT2D eigenvalue weighted by atomic mass is 35.5. The fourth-order valence-corrected chi connectivity index (χ4v) is 8.12. The number of halogens is 3. The second kappa shape index (κ2) is 11.1. The van der Waals surface area contributed by atoms with Crippen LogP contribution < -0.4 is 15.2 Å². The van der Waals surface area contributed by atoms with Crippen LogP contribution in [0.2, 0.25) is 5.02 Å². The number of aromatic nitrogens is 2. The summed E-state index contributed by atoms with van der Waals surface area (Å²) < 4.78 is 34.7. The van der Waals surface area contributed by atoms with Gasteiger partial charge in [-0.2, -0.15) is 0 Å². The zero-order valence-electron chi connectivity index (χ0n) is 23.9. The quantitative estimate of drug-likeness (QED) is 0.134. The van der Waals surface area contributed by atoms with Crippen LogP contribution in [0, 0.1) is 11.6 Å². The van der Waals surface area contributed by atoms with Crippen molar-refractivity contribution in [1.82, 2.24) is 10.2 Å². The topological polar surface area (TPSA) is 96.6 Å². The summed E-state index contributed by atoms with van der Waals surface area (Å²) in [7, 11) is 0. The van der Waals surface area contributed by atoms with Gasteiger partial charge in [0.2, 0.25) is 10.9 Å². The Kier molecular flexibility index (Phi) is 6.97. The molecule has 0 fully saturated rings. The van der Waals surface area contributed by atoms with E-state index in [-0.39, 0.29) is 34.0 Å². The van der Waals surface area contributed by atoms with Crippen LogP contribution >= 0.6 is 34.7 Å². The number of anilines is 2. The van der Waals surface area contributed by atoms with Gasteiger partial charge < -0.3 is 9.32 Å². The lowest BCUT2D eigenvalue weighted by molar-refractivity contribution is -0.121. The second-order valence-electron chi connectivity index (χ2n) is 10.9. The van der Waals surface area contributed by atoms with Crippen molar-refractivity contribution in [2.24, 2.45) is 0 Å². The molecule has 0 bridgehead atoms. The number of benzene rings is 4. The number of hydrogen-bond donors (Lipinski definition) is 0. The van der Waals surface area contributed by atoms with E-state index in [1.54, 1.807) is 48.5 Å². The first-order chi connectivity index (χ1) is 22.8. The Bertz CT molecular complexity index is 2310. The number of carbonyl (C=O) groups is 2. The average Bonchev–Trinajstić information content (AvgIpc) is 3.71. The van der Waals surface area contributed by atoms with E-state index < -0.39 is 34.4 Å². The Hall–Kier alpha value is -4.91. The van der Waals surface area contributed by atoms with Crippen molar-refractivity contribution in [2.75, 3.05) is 9.80 Å². The number of nitrogens with zero attached hydrogens (tertiary/aromatic N) is 4. The van der Waals surface area contributed by atoms with Gasteiger partial charge in [0.25, 0.3) is 11.8 Å². The summed E-state index contributed by atoms with van der Waals surface area (Å²) in [4.78, 5) is 46.4. The summed E-state index contributed by atoms with van der Waals surface area (Å²) in [6, 6.07) is 23.3. The molecular weight excluding hydrogens is 666 g/mol. The summed E-state index contributed by atoms with van der Waals surface area (Å²) in [5.41, 5.74) is -0.605. The lowest BCUT2D eigenvalue weighted by Gasteiger charge is -2.32. The third-order valence-electron chi connectivity index (χ3n) is 8.20. The molecule has 0 radical (unpaired) electrons. The Morgan fingerprint density at radius 3 is 2.38 bits per heavy atom. The van der Waals surface area contributed by atoms with Crippen LogP contribution in [0.15, 0.2) is 105 Å². The number of rotatable bonds is 6. The SMILES string of the molecule is O=C1c2oc3ccc(F)cc3c(=O)c2C2(C(=O)N(Cc3ccc(F)cc3)c3ccccc32)N1c1nnc(SCc2ccc(Cl)cc2)s1. The largest absolute Gasteiger partial charge is 0.450 e. The van der Waals surface area contributed by atoms with Gasteiger partial charge in [-0.25, -0.2) is 8.78 Å². The van der Waals surface area contributed by atoms with Gasteiger partial charge >= 0.3 is 0 Å². The van der Waals surface area contributed by atoms with E-state index in [4.69, 9.17) is 16.0 Å². The van der Waals surface area contributed by atoms with E-state index >= 15 is 0 Å². The summed E-state index contributed by atoms with van der Waals surface area (Å²) in [6.07, 6.45) is 0. The third-order valence-corrected chi connectivity index (χ3v) is 10.6. The number of hydrogen-bond acceptors (Lipinski definition) is 8. The normalized spacial score (nSPS) is 16.8. The first-order valence-corrected chi connectivity index (χ1v) is 16.4. The highest BCUT2D eigenvalue weighted by Crippen LogP contribution is 2.55. The van der Waals surface area contributed by atoms with Gasteiger partial charge in [0.15, 0.2) is 15.3 Å². The maximum atomic E-state index is 15.0. The third kappa shape index (κ3) is 4.58. The molecule has 2 amide bonds. The van der Waals surface area contributed by atoms with Gasteiger partial charge in [-0.1, -0.05) is 77.2 Å². The molecule has 0 saturated carbocycles. The molecule has 1 unspecified atom stereocenters. The van der Waals surface area contributed by atoms with E-state index in [0.717, 1.165) is 29.0 Å². The maximum Gasteiger partial charge on any atom is 0.297 e. The molecule has 2 aliphatic heterocycles. The van der Waals surface area contributed by atoms with Crippen LogP contribution in [0.1, 0.15) is 32.8 Å². The molecule has 0 N–H and O–H groups in total. The summed E-state index contributed by atoms with van der Waals surface area (Å²) in [6.45, 7) is 0.0150. The van der Waals surface area contributed by atoms with E-state index in [1.807, 2.05) is 12.1 Å². The van der Waals surface area contributed by atoms with E-state index in [9.17, 15) is 23.2 Å². The molecule has 47 heavy (non-hydrogen) atoms. The van der Waals surface area contributed by atoms with Gasteiger partial charge in [-0.3, -0.25) is 19.3 Å². The predicted molar refractivity (Wildman–Crippen MR) is 175 cm³/mol. The molecule has 13 heteroatoms. The predicted octanol–water partition coefficient (Wildman–Crippen LogP) is 7.32. The standard InChI is InChI=1S/C34H19ClF2N4O4S2/c35-20-9-5-19(6-10-20)17-46-33-39-38-32(47-33)41-30(43)29-27(28(42)23-15-22(37)13-14-26(23)45-29)34(41)24-3-1-2-4-25(24)40(31(34)44)16-18-7-11-21(36)12-8-18/h1-15H,16-17H2. The van der Waals surface area contributed by atoms with Crippen molar-refractivity contribution in [3.63, 3.8) is 0 Å². The van der Waals surface area contributed by atoms with Crippen molar-refractivity contribution in [2.45, 2.75) is 22.2 Å². The number of amides is 2. The van der Waals surface area contributed by atoms with Crippen LogP contribution in [0.25, 0.3) is 11.0 Å². The van der Waals surface area contributed by atoms with Gasteiger partial charge in [-0.15, -0.1) is 10.2 Å². The van der Waals surface area contributed by atoms with Gasteiger partial charge in [-0.05, 0) is 59.7 Å². The molecule has 6 aromatic rings. The molecule has 2 aromatic heterocycles. The monoisotopic (exact) mass is 684 g/mol. The van der Waals surface area contributed by atoms with E-state index in [0.29, 0.717) is 31.9 Å². The Balaban J connectivity index is 1.31. The zero-order chi connectivity index (χ0) is 32.4. The van der Waals surface area contributed by atoms with Crippen molar-refractivity contribution in [3.05, 3.63) is 146 Å². The van der Waals surface area contributed by atoms with Crippen molar-refractivity contribution in [1.29, 1.82) is 0 Å². The molecule has 1 atom stereocenters. The lowest BCUT2D eigenvalue weighted by Crippen LogP contribution is -2.53. The number of fused-ring (bicyclic) bond motifs is 5. The Morgan fingerprint density at radius 1 is 0.872 bits per heavy atom. The number of thioether (sulfide) groups is 1. The van der Waals surface area contributed by atoms with Gasteiger partial charge in [0.1, 0.15) is 17.2 Å². The van der Waals surface area contributed by atoms with Crippen molar-refractivity contribution < 1.29 is 22.8 Å². The van der Waals surface area contributed by atoms with E-state index in [2.05, 4.69) is 10.2 Å². The minimum Gasteiger partial charge on any atom is -0.450 e. The Labute approximate surface area is 278 Å². The second-order valence-corrected chi connectivity index (χ2v) is 13.5. The molecule has 8 nitrogen and oxygen atoms in total. The van der Waals surface area contributed by atoms with Gasteiger partial charge in [0.05, 0.1) is 23.2 Å². The highest BCUT2D eigenvalue weighted by Gasteiger charge is 2.66. The number of para-hydroxylation sites is 1. The molecule has 232 valence electrons. The maximum absolute atomic E-state index is 15.0. The number of carbonyl (C=O) groups excluding carboxylic acids is 2. The molecule has 1 spiro atoms. The minimum absolute atomic E-state index is 0.00104. The first-order valence-electron chi connectivity index (χ1n) is 14.2. The summed E-state index contributed by atoms with van der Waals surface area (Å²) >= 11 is 8.49. The minimum atomic E-state index is -2.04. The summed E-state index contributed by atoms with van der Waals surface area (Å²) in [5, 5.41) is 9.21. The zero-order valence-corrected chi connectivity index (χ0v) is 26.3. The van der Waals surface area contributed by atoms with E-state index in [1.165, 1.54) is 39.8 Å². The molecule has 0 aliphatic carbocycles. The average molecular weight is 685 g/mol. The van der Waals surface area contributed by atoms with Crippen LogP contribution in [0.3, 0.4) is 0 Å². The summed E-state index contributed by atoms with van der Waals surface area (Å²) in [5.74, 6) is -2.30. The van der Waals surface area contributed by atoms with Gasteiger partial charge in [0, 0.05) is 16.3 Å². The molecule has 4 heterocycles. The van der Waals surface area contributed by atoms with Crippen molar-refractivity contribution >= 4 is 68.3 Å². The molecule has 4 aromatic carbocycles. The van der Waals surface area contributed by atoms with Crippen LogP contribution in [0.5, 0.6) is 0 Å². The lowest BCUT2D eigenvalue weighted by atomic mass is 9.84. The van der Waals surface area contributed by atoms with Crippen LogP contribution in [-0.4, -0.2) is 22.0 Å². The van der Waals surface area contributed by atoms with Crippen LogP contribution in [-0.2, 0) is 22.6 Å². The smallest absolute Gasteiger partial charge is 0.297 e. The fraction of sp³-hybridized carbons (Fsp3) is 0.0882. The molecular formula is C34H19ClF2N4O4S2.